The zero-order valence-corrected chi connectivity index (χ0v) is 10.4. The third kappa shape index (κ3) is 2.40. The van der Waals surface area contributed by atoms with Crippen LogP contribution in [-0.2, 0) is 0 Å². The lowest BCUT2D eigenvalue weighted by Gasteiger charge is -2.07. The van der Waals surface area contributed by atoms with Gasteiger partial charge in [0.2, 0.25) is 0 Å². The highest BCUT2D eigenvalue weighted by Gasteiger charge is 2.05. The van der Waals surface area contributed by atoms with Crippen LogP contribution < -0.4 is 0 Å². The predicted octanol–water partition coefficient (Wildman–Crippen LogP) is 3.39. The summed E-state index contributed by atoms with van der Waals surface area (Å²) >= 11 is 0. The molecule has 0 atom stereocenters. The molecule has 0 fully saturated rings. The van der Waals surface area contributed by atoms with E-state index < -0.39 is 0 Å². The lowest BCUT2D eigenvalue weighted by atomic mass is 9.99. The summed E-state index contributed by atoms with van der Waals surface area (Å²) in [5, 5.41) is 9.60. The van der Waals surface area contributed by atoms with Crippen molar-refractivity contribution in [2.24, 2.45) is 0 Å². The zero-order valence-electron chi connectivity index (χ0n) is 10.4. The minimum Gasteiger partial charge on any atom is -0.506 e. The number of rotatable bonds is 3. The van der Waals surface area contributed by atoms with E-state index in [2.05, 4.69) is 31.0 Å². The Morgan fingerprint density at radius 1 is 1.17 bits per heavy atom. The summed E-state index contributed by atoms with van der Waals surface area (Å²) in [5.41, 5.74) is 3.10. The van der Waals surface area contributed by atoms with E-state index in [-0.39, 0.29) is 11.4 Å². The average Bonchev–Trinajstić information content (AvgIpc) is 2.38. The molecule has 0 radical (unpaired) electrons. The molecule has 0 amide bonds. The van der Waals surface area contributed by atoms with Crippen LogP contribution in [0.5, 0.6) is 5.75 Å². The minimum atomic E-state index is -0.0876. The number of hydrogen-bond donors (Lipinski definition) is 1. The second-order valence-corrected chi connectivity index (χ2v) is 4.52. The quantitative estimate of drug-likeness (QED) is 0.838. The van der Waals surface area contributed by atoms with Gasteiger partial charge in [-0.15, -0.1) is 0 Å². The molecule has 18 heavy (non-hydrogen) atoms. The van der Waals surface area contributed by atoms with Crippen LogP contribution in [0, 0.1) is 0 Å². The maximum Gasteiger partial charge on any atom is 0.172 e. The number of benzene rings is 1. The molecule has 1 aromatic carbocycles. The smallest absolute Gasteiger partial charge is 0.172 e. The predicted molar refractivity (Wildman–Crippen MR) is 70.8 cm³/mol. The summed E-state index contributed by atoms with van der Waals surface area (Å²) in [6.07, 6.45) is 2.13. The van der Waals surface area contributed by atoms with E-state index >= 15 is 0 Å². The molecule has 0 bridgehead atoms. The third-order valence-electron chi connectivity index (χ3n) is 2.92. The molecular weight excluding hydrogens is 226 g/mol. The SMILES string of the molecule is CC(C)c1ccc(-c2cnc(C=O)c(O)c2)cc1. The van der Waals surface area contributed by atoms with Crippen LogP contribution in [0.4, 0.5) is 0 Å². The normalized spacial score (nSPS) is 10.6. The molecule has 1 aromatic heterocycles. The maximum atomic E-state index is 10.6. The average molecular weight is 241 g/mol. The van der Waals surface area contributed by atoms with Crippen molar-refractivity contribution in [2.75, 3.05) is 0 Å². The molecule has 0 unspecified atom stereocenters. The van der Waals surface area contributed by atoms with Gasteiger partial charge in [-0.05, 0) is 23.1 Å². The summed E-state index contributed by atoms with van der Waals surface area (Å²) in [4.78, 5) is 14.5. The number of hydrogen-bond acceptors (Lipinski definition) is 3. The highest BCUT2D eigenvalue weighted by Crippen LogP contribution is 2.25. The van der Waals surface area contributed by atoms with E-state index in [1.807, 2.05) is 12.1 Å². The second-order valence-electron chi connectivity index (χ2n) is 4.52. The fraction of sp³-hybridized carbons (Fsp3) is 0.200. The number of carbonyl (C=O) groups excluding carboxylic acids is 1. The zero-order chi connectivity index (χ0) is 13.1. The standard InChI is InChI=1S/C15H15NO2/c1-10(2)11-3-5-12(6-4-11)13-7-15(18)14(9-17)16-8-13/h3-10,18H,1-2H3. The fourth-order valence-electron chi connectivity index (χ4n) is 1.77. The Morgan fingerprint density at radius 2 is 1.83 bits per heavy atom. The number of carbonyl (C=O) groups is 1. The molecule has 2 aromatic rings. The Hall–Kier alpha value is -2.16. The van der Waals surface area contributed by atoms with Crippen molar-refractivity contribution in [3.63, 3.8) is 0 Å². The van der Waals surface area contributed by atoms with E-state index in [9.17, 15) is 9.90 Å². The van der Waals surface area contributed by atoms with Crippen LogP contribution in [0.3, 0.4) is 0 Å². The number of pyridine rings is 1. The maximum absolute atomic E-state index is 10.6. The van der Waals surface area contributed by atoms with E-state index in [4.69, 9.17) is 0 Å². The largest absolute Gasteiger partial charge is 0.506 e. The van der Waals surface area contributed by atoms with Crippen LogP contribution in [-0.4, -0.2) is 16.4 Å². The van der Waals surface area contributed by atoms with Gasteiger partial charge >= 0.3 is 0 Å². The minimum absolute atomic E-state index is 0.0672. The molecule has 1 N–H and O–H groups in total. The van der Waals surface area contributed by atoms with Crippen molar-refractivity contribution >= 4 is 6.29 Å². The molecule has 0 aliphatic carbocycles. The van der Waals surface area contributed by atoms with Crippen LogP contribution >= 0.6 is 0 Å². The highest BCUT2D eigenvalue weighted by atomic mass is 16.3. The molecule has 3 heteroatoms. The monoisotopic (exact) mass is 241 g/mol. The van der Waals surface area contributed by atoms with Crippen molar-refractivity contribution in [2.45, 2.75) is 19.8 Å². The van der Waals surface area contributed by atoms with Gasteiger partial charge in [-0.25, -0.2) is 4.98 Å². The Kier molecular flexibility index (Phi) is 3.42. The van der Waals surface area contributed by atoms with Gasteiger partial charge in [-0.3, -0.25) is 4.79 Å². The van der Waals surface area contributed by atoms with Gasteiger partial charge < -0.3 is 5.11 Å². The molecule has 92 valence electrons. The Labute approximate surface area is 106 Å². The molecule has 0 saturated heterocycles. The van der Waals surface area contributed by atoms with Gasteiger partial charge in [0.25, 0.3) is 0 Å². The van der Waals surface area contributed by atoms with Crippen molar-refractivity contribution in [3.05, 3.63) is 47.8 Å². The first-order valence-electron chi connectivity index (χ1n) is 5.86. The number of nitrogens with zero attached hydrogens (tertiary/aromatic N) is 1. The topological polar surface area (TPSA) is 50.2 Å². The van der Waals surface area contributed by atoms with Crippen molar-refractivity contribution in [1.82, 2.24) is 4.98 Å². The van der Waals surface area contributed by atoms with Crippen LogP contribution in [0.2, 0.25) is 0 Å². The second kappa shape index (κ2) is 5.00. The fourth-order valence-corrected chi connectivity index (χ4v) is 1.77. The summed E-state index contributed by atoms with van der Waals surface area (Å²) < 4.78 is 0. The molecule has 0 aliphatic heterocycles. The number of aldehydes is 1. The van der Waals surface area contributed by atoms with Crippen molar-refractivity contribution in [1.29, 1.82) is 0 Å². The first kappa shape index (κ1) is 12.3. The highest BCUT2D eigenvalue weighted by molar-refractivity contribution is 5.78. The van der Waals surface area contributed by atoms with E-state index in [0.29, 0.717) is 12.2 Å². The Morgan fingerprint density at radius 3 is 2.33 bits per heavy atom. The molecule has 2 rings (SSSR count). The number of aromatic nitrogens is 1. The number of aromatic hydroxyl groups is 1. The van der Waals surface area contributed by atoms with Gasteiger partial charge in [-0.1, -0.05) is 38.1 Å². The van der Waals surface area contributed by atoms with Gasteiger partial charge in [0, 0.05) is 11.8 Å². The lowest BCUT2D eigenvalue weighted by Crippen LogP contribution is -1.90. The van der Waals surface area contributed by atoms with E-state index in [1.165, 1.54) is 5.56 Å². The van der Waals surface area contributed by atoms with Gasteiger partial charge in [0.15, 0.2) is 6.29 Å². The van der Waals surface area contributed by atoms with E-state index in [0.717, 1.165) is 11.1 Å². The molecule has 0 aliphatic rings. The summed E-state index contributed by atoms with van der Waals surface area (Å²) in [7, 11) is 0. The molecule has 3 nitrogen and oxygen atoms in total. The molecule has 0 saturated carbocycles. The Bertz CT molecular complexity index is 559. The third-order valence-corrected chi connectivity index (χ3v) is 2.92. The lowest BCUT2D eigenvalue weighted by molar-refractivity contribution is 0.111. The van der Waals surface area contributed by atoms with Crippen LogP contribution in [0.1, 0.15) is 35.8 Å². The van der Waals surface area contributed by atoms with Crippen molar-refractivity contribution < 1.29 is 9.90 Å². The first-order chi connectivity index (χ1) is 8.61. The van der Waals surface area contributed by atoms with E-state index in [1.54, 1.807) is 12.3 Å². The molecule has 0 spiro atoms. The summed E-state index contributed by atoms with van der Waals surface area (Å²) in [6.45, 7) is 4.28. The Balaban J connectivity index is 2.36. The van der Waals surface area contributed by atoms with Gasteiger partial charge in [0.05, 0.1) is 0 Å². The van der Waals surface area contributed by atoms with Crippen LogP contribution in [0.15, 0.2) is 36.5 Å². The summed E-state index contributed by atoms with van der Waals surface area (Å²) in [6, 6.07) is 9.66. The first-order valence-corrected chi connectivity index (χ1v) is 5.86. The molecule has 1 heterocycles. The summed E-state index contributed by atoms with van der Waals surface area (Å²) in [5.74, 6) is 0.401. The van der Waals surface area contributed by atoms with Crippen molar-refractivity contribution in [3.8, 4) is 16.9 Å². The molecular formula is C15H15NO2. The van der Waals surface area contributed by atoms with Gasteiger partial charge in [0.1, 0.15) is 11.4 Å². The van der Waals surface area contributed by atoms with Crippen LogP contribution in [0.25, 0.3) is 11.1 Å². The van der Waals surface area contributed by atoms with Gasteiger partial charge in [-0.2, -0.15) is 0 Å².